The van der Waals surface area contributed by atoms with Crippen LogP contribution in [0, 0.1) is 0 Å². The molecular formula is C15H22N2O4. The predicted octanol–water partition coefficient (Wildman–Crippen LogP) is 0.530. The highest BCUT2D eigenvalue weighted by molar-refractivity contribution is 5.81. The van der Waals surface area contributed by atoms with E-state index in [4.69, 9.17) is 15.2 Å². The summed E-state index contributed by atoms with van der Waals surface area (Å²) in [5.74, 6) is -0.627. The molecular weight excluding hydrogens is 272 g/mol. The average Bonchev–Trinajstić information content (AvgIpc) is 2.78. The van der Waals surface area contributed by atoms with Crippen LogP contribution in [-0.4, -0.2) is 42.1 Å². The van der Waals surface area contributed by atoms with Gasteiger partial charge in [-0.3, -0.25) is 4.79 Å². The summed E-state index contributed by atoms with van der Waals surface area (Å²) in [4.78, 5) is 12.0. The van der Waals surface area contributed by atoms with Crippen molar-refractivity contribution in [3.05, 3.63) is 29.8 Å². The maximum absolute atomic E-state index is 12.0. The van der Waals surface area contributed by atoms with Crippen molar-refractivity contribution in [1.82, 2.24) is 5.32 Å². The largest absolute Gasteiger partial charge is 0.508 e. The van der Waals surface area contributed by atoms with E-state index in [1.165, 1.54) is 0 Å². The van der Waals surface area contributed by atoms with Gasteiger partial charge < -0.3 is 25.6 Å². The van der Waals surface area contributed by atoms with Gasteiger partial charge in [0.25, 0.3) is 0 Å². The Morgan fingerprint density at radius 2 is 2.14 bits per heavy atom. The smallest absolute Gasteiger partial charge is 0.237 e. The molecule has 0 spiro atoms. The fourth-order valence-electron chi connectivity index (χ4n) is 2.19. The predicted molar refractivity (Wildman–Crippen MR) is 77.7 cm³/mol. The lowest BCUT2D eigenvalue weighted by Crippen LogP contribution is -2.45. The number of aromatic hydroxyl groups is 1. The molecule has 1 aromatic rings. The van der Waals surface area contributed by atoms with Crippen molar-refractivity contribution in [1.29, 1.82) is 0 Å². The minimum atomic E-state index is -0.634. The molecule has 1 aliphatic rings. The first-order valence-electron chi connectivity index (χ1n) is 6.99. The zero-order valence-electron chi connectivity index (χ0n) is 12.3. The number of hydrogen-bond donors (Lipinski definition) is 3. The van der Waals surface area contributed by atoms with E-state index in [0.717, 1.165) is 5.56 Å². The highest BCUT2D eigenvalue weighted by atomic mass is 16.7. The van der Waals surface area contributed by atoms with Crippen LogP contribution < -0.4 is 11.1 Å². The number of phenolic OH excluding ortho intramolecular Hbond substituents is 1. The van der Waals surface area contributed by atoms with Crippen molar-refractivity contribution in [2.45, 2.75) is 38.2 Å². The minimum absolute atomic E-state index is 0.148. The molecule has 4 N–H and O–H groups in total. The van der Waals surface area contributed by atoms with Crippen LogP contribution in [0.25, 0.3) is 0 Å². The summed E-state index contributed by atoms with van der Waals surface area (Å²) in [7, 11) is 0. The third kappa shape index (κ3) is 4.70. The van der Waals surface area contributed by atoms with Crippen molar-refractivity contribution in [3.8, 4) is 5.75 Å². The number of nitrogens with one attached hydrogen (secondary N) is 1. The Bertz CT molecular complexity index is 487. The molecule has 6 nitrogen and oxygen atoms in total. The van der Waals surface area contributed by atoms with E-state index >= 15 is 0 Å². The van der Waals surface area contributed by atoms with Gasteiger partial charge in [0.2, 0.25) is 5.91 Å². The van der Waals surface area contributed by atoms with Crippen molar-refractivity contribution < 1.29 is 19.4 Å². The summed E-state index contributed by atoms with van der Waals surface area (Å²) in [5, 5.41) is 12.0. The number of hydrogen-bond acceptors (Lipinski definition) is 5. The van der Waals surface area contributed by atoms with E-state index < -0.39 is 11.8 Å². The van der Waals surface area contributed by atoms with Crippen LogP contribution in [0.1, 0.15) is 19.4 Å². The number of rotatable bonds is 5. The van der Waals surface area contributed by atoms with E-state index in [9.17, 15) is 9.90 Å². The fourth-order valence-corrected chi connectivity index (χ4v) is 2.19. The first-order valence-corrected chi connectivity index (χ1v) is 6.99. The van der Waals surface area contributed by atoms with Crippen LogP contribution in [0.2, 0.25) is 0 Å². The number of phenols is 1. The minimum Gasteiger partial charge on any atom is -0.508 e. The molecule has 21 heavy (non-hydrogen) atoms. The van der Waals surface area contributed by atoms with E-state index in [-0.39, 0.29) is 17.8 Å². The number of carbonyl (C=O) groups is 1. The standard InChI is InChI=1S/C15H22N2O4/c1-15(2)20-9-12(21-15)8-17-14(19)13(16)7-10-3-5-11(18)6-4-10/h3-6,12-13,18H,7-9,16H2,1-2H3,(H,17,19)/t12?,13-/m0/s1. The van der Waals surface area contributed by atoms with Crippen molar-refractivity contribution in [2.75, 3.05) is 13.2 Å². The highest BCUT2D eigenvalue weighted by Gasteiger charge is 2.32. The van der Waals surface area contributed by atoms with Crippen LogP contribution in [0.3, 0.4) is 0 Å². The lowest BCUT2D eigenvalue weighted by atomic mass is 10.1. The third-order valence-electron chi connectivity index (χ3n) is 3.30. The second-order valence-electron chi connectivity index (χ2n) is 5.67. The SMILES string of the molecule is CC1(C)OCC(CNC(=O)[C@@H](N)Cc2ccc(O)cc2)O1. The average molecular weight is 294 g/mol. The molecule has 2 rings (SSSR count). The lowest BCUT2D eigenvalue weighted by molar-refractivity contribution is -0.139. The number of carbonyl (C=O) groups excluding carboxylic acids is 1. The number of amides is 1. The highest BCUT2D eigenvalue weighted by Crippen LogP contribution is 2.21. The monoisotopic (exact) mass is 294 g/mol. The molecule has 1 aliphatic heterocycles. The Hall–Kier alpha value is -1.63. The third-order valence-corrected chi connectivity index (χ3v) is 3.30. The van der Waals surface area contributed by atoms with Gasteiger partial charge in [0.1, 0.15) is 11.9 Å². The van der Waals surface area contributed by atoms with Gasteiger partial charge in [0.15, 0.2) is 5.79 Å². The maximum Gasteiger partial charge on any atom is 0.237 e. The van der Waals surface area contributed by atoms with E-state index in [1.54, 1.807) is 24.3 Å². The van der Waals surface area contributed by atoms with Crippen molar-refractivity contribution >= 4 is 5.91 Å². The molecule has 116 valence electrons. The van der Waals surface area contributed by atoms with Gasteiger partial charge in [0, 0.05) is 6.54 Å². The Kier molecular flexibility index (Phi) is 4.82. The molecule has 0 aromatic heterocycles. The quantitative estimate of drug-likeness (QED) is 0.736. The van der Waals surface area contributed by atoms with Crippen LogP contribution in [0.4, 0.5) is 0 Å². The fraction of sp³-hybridized carbons (Fsp3) is 0.533. The summed E-state index contributed by atoms with van der Waals surface area (Å²) in [6, 6.07) is 6.01. The summed E-state index contributed by atoms with van der Waals surface area (Å²) < 4.78 is 11.0. The molecule has 1 aromatic carbocycles. The molecule has 1 fully saturated rings. The van der Waals surface area contributed by atoms with Crippen molar-refractivity contribution in [2.24, 2.45) is 5.73 Å². The Morgan fingerprint density at radius 3 is 2.71 bits per heavy atom. The lowest BCUT2D eigenvalue weighted by Gasteiger charge is -2.18. The van der Waals surface area contributed by atoms with Gasteiger partial charge in [-0.1, -0.05) is 12.1 Å². The first kappa shape index (κ1) is 15.8. The van der Waals surface area contributed by atoms with Crippen LogP contribution in [-0.2, 0) is 20.7 Å². The molecule has 0 radical (unpaired) electrons. The topological polar surface area (TPSA) is 93.8 Å². The Labute approximate surface area is 124 Å². The summed E-state index contributed by atoms with van der Waals surface area (Å²) in [5.41, 5.74) is 6.78. The molecule has 1 amide bonds. The van der Waals surface area contributed by atoms with E-state index in [0.29, 0.717) is 19.6 Å². The van der Waals surface area contributed by atoms with E-state index in [1.807, 2.05) is 13.8 Å². The zero-order valence-corrected chi connectivity index (χ0v) is 12.3. The van der Waals surface area contributed by atoms with Gasteiger partial charge in [-0.2, -0.15) is 0 Å². The van der Waals surface area contributed by atoms with Crippen LogP contribution >= 0.6 is 0 Å². The number of nitrogens with two attached hydrogens (primary N) is 1. The molecule has 0 aliphatic carbocycles. The normalized spacial score (nSPS) is 22.0. The second kappa shape index (κ2) is 6.43. The molecule has 1 heterocycles. The summed E-state index contributed by atoms with van der Waals surface area (Å²) in [6.45, 7) is 4.52. The molecule has 6 heteroatoms. The number of ether oxygens (including phenoxy) is 2. The van der Waals surface area contributed by atoms with E-state index in [2.05, 4.69) is 5.32 Å². The van der Waals surface area contributed by atoms with Gasteiger partial charge >= 0.3 is 0 Å². The zero-order chi connectivity index (χ0) is 15.5. The molecule has 2 atom stereocenters. The van der Waals surface area contributed by atoms with Gasteiger partial charge in [-0.15, -0.1) is 0 Å². The van der Waals surface area contributed by atoms with Crippen LogP contribution in [0.15, 0.2) is 24.3 Å². The van der Waals surface area contributed by atoms with Crippen molar-refractivity contribution in [3.63, 3.8) is 0 Å². The molecule has 0 saturated carbocycles. The Balaban J connectivity index is 1.76. The summed E-state index contributed by atoms with van der Waals surface area (Å²) in [6.07, 6.45) is 0.268. The Morgan fingerprint density at radius 1 is 1.48 bits per heavy atom. The molecule has 0 bridgehead atoms. The first-order chi connectivity index (χ1) is 9.85. The van der Waals surface area contributed by atoms with Crippen LogP contribution in [0.5, 0.6) is 5.75 Å². The number of benzene rings is 1. The summed E-state index contributed by atoms with van der Waals surface area (Å²) >= 11 is 0. The molecule has 1 unspecified atom stereocenters. The van der Waals surface area contributed by atoms with Gasteiger partial charge in [-0.05, 0) is 38.0 Å². The van der Waals surface area contributed by atoms with Gasteiger partial charge in [-0.25, -0.2) is 0 Å². The molecule has 1 saturated heterocycles. The second-order valence-corrected chi connectivity index (χ2v) is 5.67. The maximum atomic E-state index is 12.0. The van der Waals surface area contributed by atoms with Gasteiger partial charge in [0.05, 0.1) is 12.6 Å².